The average molecular weight is 328 g/mol. The van der Waals surface area contributed by atoms with Crippen LogP contribution in [0.4, 0.5) is 10.1 Å². The van der Waals surface area contributed by atoms with Crippen LogP contribution >= 0.6 is 12.2 Å². The summed E-state index contributed by atoms with van der Waals surface area (Å²) >= 11 is 5.15. The van der Waals surface area contributed by atoms with Crippen LogP contribution in [0.1, 0.15) is 16.7 Å². The van der Waals surface area contributed by atoms with E-state index < -0.39 is 0 Å². The SMILES string of the molecule is Cc1cccc(C)c1NC(=S)NC(=O)/C=C/c1ccc(F)cc1. The molecule has 5 heteroatoms. The van der Waals surface area contributed by atoms with Gasteiger partial charge < -0.3 is 5.32 Å². The van der Waals surface area contributed by atoms with E-state index in [1.165, 1.54) is 18.2 Å². The lowest BCUT2D eigenvalue weighted by atomic mass is 10.1. The molecule has 0 aromatic heterocycles. The van der Waals surface area contributed by atoms with Gasteiger partial charge in [0.1, 0.15) is 5.82 Å². The van der Waals surface area contributed by atoms with Gasteiger partial charge in [-0.2, -0.15) is 0 Å². The van der Waals surface area contributed by atoms with Gasteiger partial charge in [-0.1, -0.05) is 30.3 Å². The maximum atomic E-state index is 12.8. The lowest BCUT2D eigenvalue weighted by Gasteiger charge is -2.13. The number of aryl methyl sites for hydroxylation is 2. The molecular weight excluding hydrogens is 311 g/mol. The van der Waals surface area contributed by atoms with Crippen molar-refractivity contribution in [1.82, 2.24) is 5.32 Å². The van der Waals surface area contributed by atoms with Crippen LogP contribution in [0.25, 0.3) is 6.08 Å². The quantitative estimate of drug-likeness (QED) is 0.662. The Bertz CT molecular complexity index is 734. The van der Waals surface area contributed by atoms with E-state index in [0.29, 0.717) is 0 Å². The van der Waals surface area contributed by atoms with Gasteiger partial charge in [0.2, 0.25) is 5.91 Å². The molecule has 3 nitrogen and oxygen atoms in total. The molecule has 0 atom stereocenters. The summed E-state index contributed by atoms with van der Waals surface area (Å²) in [7, 11) is 0. The Morgan fingerprint density at radius 2 is 1.70 bits per heavy atom. The summed E-state index contributed by atoms with van der Waals surface area (Å²) in [6.07, 6.45) is 2.95. The van der Waals surface area contributed by atoms with E-state index in [1.807, 2.05) is 32.0 Å². The molecule has 0 aliphatic rings. The first-order chi connectivity index (χ1) is 11.0. The molecule has 0 aliphatic carbocycles. The molecule has 2 aromatic carbocycles. The summed E-state index contributed by atoms with van der Waals surface area (Å²) in [6.45, 7) is 3.93. The van der Waals surface area contributed by atoms with Gasteiger partial charge in [-0.15, -0.1) is 0 Å². The van der Waals surface area contributed by atoms with Gasteiger partial charge in [-0.25, -0.2) is 4.39 Å². The highest BCUT2D eigenvalue weighted by Gasteiger charge is 2.06. The molecule has 0 aliphatic heterocycles. The second-order valence-electron chi connectivity index (χ2n) is 5.10. The third-order valence-corrected chi connectivity index (χ3v) is 3.46. The average Bonchev–Trinajstić information content (AvgIpc) is 2.50. The number of thiocarbonyl (C=S) groups is 1. The fourth-order valence-corrected chi connectivity index (χ4v) is 2.26. The first-order valence-corrected chi connectivity index (χ1v) is 7.48. The molecule has 0 radical (unpaired) electrons. The predicted molar refractivity (Wildman–Crippen MR) is 95.7 cm³/mol. The Kier molecular flexibility index (Phi) is 5.60. The number of halogens is 1. The van der Waals surface area contributed by atoms with Gasteiger partial charge >= 0.3 is 0 Å². The molecule has 0 bridgehead atoms. The highest BCUT2D eigenvalue weighted by molar-refractivity contribution is 7.80. The predicted octanol–water partition coefficient (Wildman–Crippen LogP) is 3.97. The fourth-order valence-electron chi connectivity index (χ4n) is 2.06. The van der Waals surface area contributed by atoms with Crippen LogP contribution in [0, 0.1) is 19.7 Å². The number of carbonyl (C=O) groups is 1. The minimum atomic E-state index is -0.349. The summed E-state index contributed by atoms with van der Waals surface area (Å²) in [6, 6.07) is 11.7. The van der Waals surface area contributed by atoms with Gasteiger partial charge in [-0.3, -0.25) is 10.1 Å². The van der Waals surface area contributed by atoms with Crippen molar-refractivity contribution in [2.45, 2.75) is 13.8 Å². The standard InChI is InChI=1S/C18H17FN2OS/c1-12-4-3-5-13(2)17(12)21-18(23)20-16(22)11-8-14-6-9-15(19)10-7-14/h3-11H,1-2H3,(H2,20,21,22,23)/b11-8+. The molecule has 0 spiro atoms. The Hall–Kier alpha value is -2.53. The number of hydrogen-bond acceptors (Lipinski definition) is 2. The number of nitrogens with one attached hydrogen (secondary N) is 2. The summed E-state index contributed by atoms with van der Waals surface area (Å²) in [5.74, 6) is -0.663. The first kappa shape index (κ1) is 16.8. The molecule has 0 unspecified atom stereocenters. The highest BCUT2D eigenvalue weighted by Crippen LogP contribution is 2.19. The molecule has 0 heterocycles. The normalized spacial score (nSPS) is 10.6. The number of para-hydroxylation sites is 1. The van der Waals surface area contributed by atoms with Crippen molar-refractivity contribution in [1.29, 1.82) is 0 Å². The number of amides is 1. The van der Waals surface area contributed by atoms with Crippen LogP contribution in [0.5, 0.6) is 0 Å². The van der Waals surface area contributed by atoms with E-state index in [4.69, 9.17) is 12.2 Å². The summed E-state index contributed by atoms with van der Waals surface area (Å²) in [5.41, 5.74) is 3.71. The molecule has 2 N–H and O–H groups in total. The smallest absolute Gasteiger partial charge is 0.250 e. The third-order valence-electron chi connectivity index (χ3n) is 3.25. The van der Waals surface area contributed by atoms with E-state index in [0.717, 1.165) is 22.4 Å². The molecule has 23 heavy (non-hydrogen) atoms. The number of benzene rings is 2. The van der Waals surface area contributed by atoms with Gasteiger partial charge in [-0.05, 0) is 61.0 Å². The largest absolute Gasteiger partial charge is 0.332 e. The van der Waals surface area contributed by atoms with Crippen LogP contribution in [0.15, 0.2) is 48.5 Å². The molecule has 0 saturated carbocycles. The Balaban J connectivity index is 1.95. The van der Waals surface area contributed by atoms with Crippen LogP contribution < -0.4 is 10.6 Å². The Labute approximate surface area is 140 Å². The number of carbonyl (C=O) groups excluding carboxylic acids is 1. The molecule has 0 saturated heterocycles. The van der Waals surface area contributed by atoms with Gasteiger partial charge in [0.05, 0.1) is 0 Å². The van der Waals surface area contributed by atoms with Crippen molar-refractivity contribution in [3.8, 4) is 0 Å². The Morgan fingerprint density at radius 1 is 1.09 bits per heavy atom. The van der Waals surface area contributed by atoms with Crippen LogP contribution in [-0.4, -0.2) is 11.0 Å². The zero-order valence-corrected chi connectivity index (χ0v) is 13.7. The molecule has 0 fully saturated rings. The summed E-state index contributed by atoms with van der Waals surface area (Å²) in [4.78, 5) is 11.9. The molecule has 118 valence electrons. The lowest BCUT2D eigenvalue weighted by Crippen LogP contribution is -2.33. The van der Waals surface area contributed by atoms with E-state index >= 15 is 0 Å². The van der Waals surface area contributed by atoms with Crippen molar-refractivity contribution in [3.05, 3.63) is 71.0 Å². The molecular formula is C18H17FN2OS. The van der Waals surface area contributed by atoms with E-state index in [2.05, 4.69) is 10.6 Å². The summed E-state index contributed by atoms with van der Waals surface area (Å²) in [5, 5.41) is 5.85. The summed E-state index contributed by atoms with van der Waals surface area (Å²) < 4.78 is 12.8. The highest BCUT2D eigenvalue weighted by atomic mass is 32.1. The van der Waals surface area contributed by atoms with E-state index in [9.17, 15) is 9.18 Å². The van der Waals surface area contributed by atoms with E-state index in [-0.39, 0.29) is 16.8 Å². The minimum absolute atomic E-state index is 0.233. The van der Waals surface area contributed by atoms with Gasteiger partial charge in [0.15, 0.2) is 5.11 Å². The molecule has 2 rings (SSSR count). The molecule has 1 amide bonds. The van der Waals surface area contributed by atoms with Gasteiger partial charge in [0.25, 0.3) is 0 Å². The first-order valence-electron chi connectivity index (χ1n) is 7.07. The fraction of sp³-hybridized carbons (Fsp3) is 0.111. The topological polar surface area (TPSA) is 41.1 Å². The van der Waals surface area contributed by atoms with Crippen LogP contribution in [-0.2, 0) is 4.79 Å². The van der Waals surface area contributed by atoms with E-state index in [1.54, 1.807) is 18.2 Å². The Morgan fingerprint density at radius 3 is 2.30 bits per heavy atom. The van der Waals surface area contributed by atoms with Gasteiger partial charge in [0, 0.05) is 11.8 Å². The third kappa shape index (κ3) is 5.00. The number of hydrogen-bond donors (Lipinski definition) is 2. The van der Waals surface area contributed by atoms with Crippen molar-refractivity contribution in [2.75, 3.05) is 5.32 Å². The lowest BCUT2D eigenvalue weighted by molar-refractivity contribution is -0.115. The zero-order valence-electron chi connectivity index (χ0n) is 12.9. The van der Waals surface area contributed by atoms with Crippen LogP contribution in [0.3, 0.4) is 0 Å². The zero-order chi connectivity index (χ0) is 16.8. The molecule has 2 aromatic rings. The van der Waals surface area contributed by atoms with Crippen molar-refractivity contribution >= 4 is 35.0 Å². The minimum Gasteiger partial charge on any atom is -0.332 e. The van der Waals surface area contributed by atoms with Crippen LogP contribution in [0.2, 0.25) is 0 Å². The second-order valence-corrected chi connectivity index (χ2v) is 5.50. The number of anilines is 1. The van der Waals surface area contributed by atoms with Crippen molar-refractivity contribution < 1.29 is 9.18 Å². The monoisotopic (exact) mass is 328 g/mol. The second kappa shape index (κ2) is 7.65. The van der Waals surface area contributed by atoms with Crippen molar-refractivity contribution in [3.63, 3.8) is 0 Å². The number of rotatable bonds is 3. The maximum absolute atomic E-state index is 12.8. The van der Waals surface area contributed by atoms with Crippen molar-refractivity contribution in [2.24, 2.45) is 0 Å². The maximum Gasteiger partial charge on any atom is 0.250 e.